The van der Waals surface area contributed by atoms with E-state index >= 15 is 0 Å². The summed E-state index contributed by atoms with van der Waals surface area (Å²) in [7, 11) is 1.60. The van der Waals surface area contributed by atoms with Crippen LogP contribution in [0.2, 0.25) is 0 Å². The summed E-state index contributed by atoms with van der Waals surface area (Å²) < 4.78 is 4.83. The molecule has 0 bridgehead atoms. The van der Waals surface area contributed by atoms with E-state index in [1.54, 1.807) is 7.11 Å². The van der Waals surface area contributed by atoms with E-state index in [1.807, 2.05) is 13.8 Å². The Kier molecular flexibility index (Phi) is 6.54. The number of rotatable bonds is 6. The topological polar surface area (TPSA) is 64.4 Å². The summed E-state index contributed by atoms with van der Waals surface area (Å²) >= 11 is 0. The zero-order chi connectivity index (χ0) is 10.3. The van der Waals surface area contributed by atoms with E-state index in [-0.39, 0.29) is 11.9 Å². The second kappa shape index (κ2) is 6.86. The molecule has 0 aliphatic rings. The van der Waals surface area contributed by atoms with Crippen molar-refractivity contribution in [1.82, 2.24) is 5.32 Å². The molecule has 0 aromatic carbocycles. The molecule has 3 N–H and O–H groups in total. The van der Waals surface area contributed by atoms with Crippen LogP contribution in [0.5, 0.6) is 0 Å². The van der Waals surface area contributed by atoms with Gasteiger partial charge in [-0.05, 0) is 19.8 Å². The van der Waals surface area contributed by atoms with Crippen molar-refractivity contribution in [1.29, 1.82) is 0 Å². The van der Waals surface area contributed by atoms with Crippen molar-refractivity contribution >= 4 is 5.91 Å². The zero-order valence-corrected chi connectivity index (χ0v) is 8.67. The third-order valence-electron chi connectivity index (χ3n) is 1.97. The van der Waals surface area contributed by atoms with Gasteiger partial charge in [-0.15, -0.1) is 0 Å². The quantitative estimate of drug-likeness (QED) is 0.628. The largest absolute Gasteiger partial charge is 0.385 e. The van der Waals surface area contributed by atoms with Crippen LogP contribution in [0, 0.1) is 0 Å². The Morgan fingerprint density at radius 1 is 1.62 bits per heavy atom. The summed E-state index contributed by atoms with van der Waals surface area (Å²) in [4.78, 5) is 11.3. The average Bonchev–Trinajstić information content (AvgIpc) is 2.13. The molecular weight excluding hydrogens is 168 g/mol. The van der Waals surface area contributed by atoms with Crippen LogP contribution in [0.1, 0.15) is 26.7 Å². The second-order valence-corrected chi connectivity index (χ2v) is 3.21. The highest BCUT2D eigenvalue weighted by atomic mass is 16.5. The number of amides is 1. The normalized spacial score (nSPS) is 15.1. The summed E-state index contributed by atoms with van der Waals surface area (Å²) in [5.41, 5.74) is 5.61. The highest BCUT2D eigenvalue weighted by Crippen LogP contribution is 1.93. The summed E-state index contributed by atoms with van der Waals surface area (Å²) in [6.07, 6.45) is 1.49. The minimum atomic E-state index is -0.450. The predicted molar refractivity (Wildman–Crippen MR) is 52.4 cm³/mol. The molecule has 0 rings (SSSR count). The molecule has 4 nitrogen and oxygen atoms in total. The van der Waals surface area contributed by atoms with Gasteiger partial charge in [-0.25, -0.2) is 0 Å². The molecule has 0 saturated carbocycles. The smallest absolute Gasteiger partial charge is 0.237 e. The number of hydrogen-bond donors (Lipinski definition) is 2. The van der Waals surface area contributed by atoms with Gasteiger partial charge < -0.3 is 15.8 Å². The Morgan fingerprint density at radius 3 is 2.69 bits per heavy atom. The zero-order valence-electron chi connectivity index (χ0n) is 8.67. The minimum absolute atomic E-state index is 0.0913. The SMILES string of the molecule is CCC(C)NC(=O)C(N)CCOC. The molecule has 2 unspecified atom stereocenters. The molecule has 0 heterocycles. The Balaban J connectivity index is 3.68. The van der Waals surface area contributed by atoms with Gasteiger partial charge in [0.2, 0.25) is 5.91 Å². The van der Waals surface area contributed by atoms with E-state index in [2.05, 4.69) is 5.32 Å². The molecule has 4 heteroatoms. The Morgan fingerprint density at radius 2 is 2.23 bits per heavy atom. The number of methoxy groups -OCH3 is 1. The highest BCUT2D eigenvalue weighted by molar-refractivity contribution is 5.81. The standard InChI is InChI=1S/C9H20N2O2/c1-4-7(2)11-9(12)8(10)5-6-13-3/h7-8H,4-6,10H2,1-3H3,(H,11,12). The van der Waals surface area contributed by atoms with E-state index in [0.717, 1.165) is 6.42 Å². The van der Waals surface area contributed by atoms with Gasteiger partial charge in [-0.1, -0.05) is 6.92 Å². The molecule has 2 atom stereocenters. The first-order chi connectivity index (χ1) is 6.11. The molecule has 0 aromatic rings. The Labute approximate surface area is 79.8 Å². The first-order valence-electron chi connectivity index (χ1n) is 4.66. The summed E-state index contributed by atoms with van der Waals surface area (Å²) in [5, 5.41) is 2.82. The van der Waals surface area contributed by atoms with E-state index in [4.69, 9.17) is 10.5 Å². The number of nitrogens with two attached hydrogens (primary N) is 1. The maximum Gasteiger partial charge on any atom is 0.237 e. The first kappa shape index (κ1) is 12.4. The molecular formula is C9H20N2O2. The van der Waals surface area contributed by atoms with Gasteiger partial charge in [0, 0.05) is 19.8 Å². The highest BCUT2D eigenvalue weighted by Gasteiger charge is 2.13. The molecule has 78 valence electrons. The van der Waals surface area contributed by atoms with E-state index in [9.17, 15) is 4.79 Å². The Bertz CT molecular complexity index is 151. The molecule has 0 aliphatic carbocycles. The number of ether oxygens (including phenoxy) is 1. The lowest BCUT2D eigenvalue weighted by Crippen LogP contribution is -2.44. The third kappa shape index (κ3) is 5.60. The lowest BCUT2D eigenvalue weighted by molar-refractivity contribution is -0.123. The van der Waals surface area contributed by atoms with E-state index < -0.39 is 6.04 Å². The fourth-order valence-electron chi connectivity index (χ4n) is 0.828. The number of hydrogen-bond acceptors (Lipinski definition) is 3. The number of carbonyl (C=O) groups is 1. The van der Waals surface area contributed by atoms with Gasteiger partial charge >= 0.3 is 0 Å². The maximum absolute atomic E-state index is 11.3. The van der Waals surface area contributed by atoms with Crippen LogP contribution in [0.4, 0.5) is 0 Å². The fraction of sp³-hybridized carbons (Fsp3) is 0.889. The summed E-state index contributed by atoms with van der Waals surface area (Å²) in [6.45, 7) is 4.50. The Hall–Kier alpha value is -0.610. The van der Waals surface area contributed by atoms with Gasteiger partial charge in [-0.2, -0.15) is 0 Å². The van der Waals surface area contributed by atoms with E-state index in [1.165, 1.54) is 0 Å². The van der Waals surface area contributed by atoms with Gasteiger partial charge in [0.1, 0.15) is 0 Å². The summed E-state index contributed by atoms with van der Waals surface area (Å²) in [6, 6.07) is -0.255. The van der Waals surface area contributed by atoms with Crippen LogP contribution < -0.4 is 11.1 Å². The van der Waals surface area contributed by atoms with E-state index in [0.29, 0.717) is 13.0 Å². The van der Waals surface area contributed by atoms with Crippen LogP contribution in [-0.4, -0.2) is 31.7 Å². The van der Waals surface area contributed by atoms with Crippen LogP contribution in [-0.2, 0) is 9.53 Å². The third-order valence-corrected chi connectivity index (χ3v) is 1.97. The van der Waals surface area contributed by atoms with Crippen molar-refractivity contribution in [2.24, 2.45) is 5.73 Å². The monoisotopic (exact) mass is 188 g/mol. The fourth-order valence-corrected chi connectivity index (χ4v) is 0.828. The second-order valence-electron chi connectivity index (χ2n) is 3.21. The van der Waals surface area contributed by atoms with Gasteiger partial charge in [0.25, 0.3) is 0 Å². The molecule has 1 amide bonds. The number of carbonyl (C=O) groups excluding carboxylic acids is 1. The lowest BCUT2D eigenvalue weighted by atomic mass is 10.2. The van der Waals surface area contributed by atoms with Crippen molar-refractivity contribution < 1.29 is 9.53 Å². The predicted octanol–water partition coefficient (Wildman–Crippen LogP) is 0.265. The molecule has 0 aromatic heterocycles. The van der Waals surface area contributed by atoms with Crippen molar-refractivity contribution in [2.45, 2.75) is 38.8 Å². The van der Waals surface area contributed by atoms with Crippen LogP contribution in [0.25, 0.3) is 0 Å². The first-order valence-corrected chi connectivity index (χ1v) is 4.66. The molecule has 0 saturated heterocycles. The van der Waals surface area contributed by atoms with Crippen LogP contribution in [0.3, 0.4) is 0 Å². The van der Waals surface area contributed by atoms with Gasteiger partial charge in [0.15, 0.2) is 0 Å². The van der Waals surface area contributed by atoms with Gasteiger partial charge in [-0.3, -0.25) is 4.79 Å². The average molecular weight is 188 g/mol. The molecule has 13 heavy (non-hydrogen) atoms. The lowest BCUT2D eigenvalue weighted by Gasteiger charge is -2.15. The van der Waals surface area contributed by atoms with Crippen molar-refractivity contribution in [3.8, 4) is 0 Å². The number of nitrogens with one attached hydrogen (secondary N) is 1. The summed E-state index contributed by atoms with van der Waals surface area (Å²) in [5.74, 6) is -0.0913. The van der Waals surface area contributed by atoms with Crippen molar-refractivity contribution in [3.63, 3.8) is 0 Å². The van der Waals surface area contributed by atoms with Crippen LogP contribution >= 0.6 is 0 Å². The molecule has 0 aliphatic heterocycles. The van der Waals surface area contributed by atoms with Crippen molar-refractivity contribution in [3.05, 3.63) is 0 Å². The van der Waals surface area contributed by atoms with Gasteiger partial charge in [0.05, 0.1) is 6.04 Å². The molecule has 0 radical (unpaired) electrons. The molecule has 0 spiro atoms. The molecule has 0 fully saturated rings. The van der Waals surface area contributed by atoms with Crippen LogP contribution in [0.15, 0.2) is 0 Å². The maximum atomic E-state index is 11.3. The minimum Gasteiger partial charge on any atom is -0.385 e. The van der Waals surface area contributed by atoms with Crippen molar-refractivity contribution in [2.75, 3.05) is 13.7 Å².